The van der Waals surface area contributed by atoms with Crippen LogP contribution in [0.1, 0.15) is 54.1 Å². The first-order valence-electron chi connectivity index (χ1n) is 16.0. The van der Waals surface area contributed by atoms with Gasteiger partial charge < -0.3 is 25.0 Å². The van der Waals surface area contributed by atoms with Crippen molar-refractivity contribution in [3.63, 3.8) is 0 Å². The quantitative estimate of drug-likeness (QED) is 0.325. The number of aromatic amines is 1. The van der Waals surface area contributed by atoms with Crippen LogP contribution in [0.25, 0.3) is 22.0 Å². The van der Waals surface area contributed by atoms with E-state index in [1.54, 1.807) is 10.9 Å². The van der Waals surface area contributed by atoms with E-state index in [4.69, 9.17) is 0 Å². The SMILES string of the molecule is O=C(CCn1cccn1)N1CCC[C@H](c2cc(-c3ccc(N4CCNCC4)cc3)c3cc(C(=O)N4CCCC4)[nH]c3c2F)C1. The number of fused-ring (bicyclic) bond motifs is 1. The Morgan fingerprint density at radius 2 is 1.73 bits per heavy atom. The highest BCUT2D eigenvalue weighted by Gasteiger charge is 2.30. The van der Waals surface area contributed by atoms with Gasteiger partial charge in [-0.15, -0.1) is 0 Å². The van der Waals surface area contributed by atoms with E-state index in [1.807, 2.05) is 34.2 Å². The predicted octanol–water partition coefficient (Wildman–Crippen LogP) is 4.61. The Morgan fingerprint density at radius 1 is 0.955 bits per heavy atom. The summed E-state index contributed by atoms with van der Waals surface area (Å²) in [4.78, 5) is 35.8. The number of nitrogens with one attached hydrogen (secondary N) is 2. The molecule has 0 radical (unpaired) electrons. The summed E-state index contributed by atoms with van der Waals surface area (Å²) in [5.74, 6) is -0.473. The number of halogens is 1. The van der Waals surface area contributed by atoms with E-state index in [0.717, 1.165) is 76.1 Å². The van der Waals surface area contributed by atoms with Gasteiger partial charge in [-0.3, -0.25) is 14.3 Å². The number of aryl methyl sites for hydroxylation is 1. The highest BCUT2D eigenvalue weighted by atomic mass is 19.1. The first-order valence-corrected chi connectivity index (χ1v) is 16.0. The maximum atomic E-state index is 16.5. The molecular weight excluding hydrogens is 557 g/mol. The van der Waals surface area contributed by atoms with E-state index in [9.17, 15) is 9.59 Å². The van der Waals surface area contributed by atoms with Gasteiger partial charge in [0.15, 0.2) is 5.82 Å². The zero-order chi connectivity index (χ0) is 30.0. The number of piperazine rings is 1. The standard InChI is InChI=1S/C34H40FN7O2/c35-32-28(25-5-3-16-41(23-25)31(43)10-18-42-17-4-11-37-42)21-27(24-6-8-26(9-7-24)39-19-12-36-13-20-39)29-22-30(38-33(29)32)34(44)40-14-1-2-15-40/h4,6-9,11,17,21-22,25,36,38H,1-3,5,10,12-16,18-20,23H2/t25-/m0/s1. The summed E-state index contributed by atoms with van der Waals surface area (Å²) in [6.07, 6.45) is 7.52. The Kier molecular flexibility index (Phi) is 8.08. The average Bonchev–Trinajstić information content (AvgIpc) is 3.87. The molecule has 44 heavy (non-hydrogen) atoms. The van der Waals surface area contributed by atoms with Crippen LogP contribution in [-0.2, 0) is 11.3 Å². The molecule has 2 aromatic heterocycles. The van der Waals surface area contributed by atoms with Gasteiger partial charge in [0.25, 0.3) is 5.91 Å². The zero-order valence-corrected chi connectivity index (χ0v) is 25.1. The smallest absolute Gasteiger partial charge is 0.270 e. The van der Waals surface area contributed by atoms with Crippen molar-refractivity contribution >= 4 is 28.4 Å². The van der Waals surface area contributed by atoms with Crippen LogP contribution < -0.4 is 10.2 Å². The molecular formula is C34H40FN7O2. The molecule has 9 nitrogen and oxygen atoms in total. The number of nitrogens with zero attached hydrogens (tertiary/aromatic N) is 5. The fraction of sp³-hybridized carbons (Fsp3) is 0.441. The molecule has 2 amide bonds. The van der Waals surface area contributed by atoms with Crippen LogP contribution in [0.5, 0.6) is 0 Å². The van der Waals surface area contributed by atoms with Crippen molar-refractivity contribution in [3.8, 4) is 11.1 Å². The maximum Gasteiger partial charge on any atom is 0.270 e. The average molecular weight is 598 g/mol. The van der Waals surface area contributed by atoms with Crippen LogP contribution in [-0.4, -0.2) is 88.7 Å². The number of rotatable bonds is 7. The van der Waals surface area contributed by atoms with Gasteiger partial charge in [0, 0.05) is 94.7 Å². The van der Waals surface area contributed by atoms with Crippen molar-refractivity contribution in [1.29, 1.82) is 0 Å². The zero-order valence-electron chi connectivity index (χ0n) is 25.1. The molecule has 230 valence electrons. The summed E-state index contributed by atoms with van der Waals surface area (Å²) in [5.41, 5.74) is 4.46. The van der Waals surface area contributed by atoms with Crippen molar-refractivity contribution in [2.75, 3.05) is 57.3 Å². The fourth-order valence-corrected chi connectivity index (χ4v) is 7.06. The van der Waals surface area contributed by atoms with E-state index in [0.29, 0.717) is 48.2 Å². The number of likely N-dealkylation sites (tertiary alicyclic amines) is 2. The van der Waals surface area contributed by atoms with Gasteiger partial charge in [0.05, 0.1) is 5.52 Å². The molecule has 0 spiro atoms. The molecule has 3 saturated heterocycles. The molecule has 4 aromatic rings. The van der Waals surface area contributed by atoms with Crippen LogP contribution in [0.2, 0.25) is 0 Å². The second-order valence-electron chi connectivity index (χ2n) is 12.3. The molecule has 0 aliphatic carbocycles. The number of aromatic nitrogens is 3. The first kappa shape index (κ1) is 28.6. The van der Waals surface area contributed by atoms with E-state index < -0.39 is 0 Å². The third-order valence-electron chi connectivity index (χ3n) is 9.49. The lowest BCUT2D eigenvalue weighted by Crippen LogP contribution is -2.43. The lowest BCUT2D eigenvalue weighted by atomic mass is 9.87. The minimum atomic E-state index is -0.322. The minimum Gasteiger partial charge on any atom is -0.369 e. The van der Waals surface area contributed by atoms with Crippen LogP contribution in [0.4, 0.5) is 10.1 Å². The maximum absolute atomic E-state index is 16.5. The van der Waals surface area contributed by atoms with Crippen molar-refractivity contribution in [2.24, 2.45) is 0 Å². The number of amides is 2. The van der Waals surface area contributed by atoms with Gasteiger partial charge >= 0.3 is 0 Å². The summed E-state index contributed by atoms with van der Waals surface area (Å²) < 4.78 is 18.3. The Bertz CT molecular complexity index is 1620. The fourth-order valence-electron chi connectivity index (χ4n) is 7.06. The summed E-state index contributed by atoms with van der Waals surface area (Å²) >= 11 is 0. The summed E-state index contributed by atoms with van der Waals surface area (Å²) in [6.45, 7) is 6.99. The van der Waals surface area contributed by atoms with Gasteiger partial charge in [-0.2, -0.15) is 5.10 Å². The molecule has 3 fully saturated rings. The van der Waals surface area contributed by atoms with E-state index >= 15 is 4.39 Å². The van der Waals surface area contributed by atoms with Crippen molar-refractivity contribution in [1.82, 2.24) is 29.9 Å². The Balaban J connectivity index is 1.22. The van der Waals surface area contributed by atoms with Crippen LogP contribution in [0.15, 0.2) is 54.9 Å². The number of hydrogen-bond donors (Lipinski definition) is 2. The van der Waals surface area contributed by atoms with Crippen molar-refractivity contribution in [2.45, 2.75) is 44.6 Å². The molecule has 3 aliphatic heterocycles. The number of benzene rings is 2. The van der Waals surface area contributed by atoms with Gasteiger partial charge in [-0.1, -0.05) is 12.1 Å². The molecule has 2 aromatic carbocycles. The predicted molar refractivity (Wildman–Crippen MR) is 169 cm³/mol. The lowest BCUT2D eigenvalue weighted by Gasteiger charge is -2.33. The van der Waals surface area contributed by atoms with E-state index in [1.165, 1.54) is 5.69 Å². The highest BCUT2D eigenvalue weighted by Crippen LogP contribution is 2.39. The van der Waals surface area contributed by atoms with E-state index in [2.05, 4.69) is 44.6 Å². The molecule has 0 saturated carbocycles. The number of anilines is 1. The van der Waals surface area contributed by atoms with Gasteiger partial charge in [-0.05, 0) is 72.7 Å². The summed E-state index contributed by atoms with van der Waals surface area (Å²) in [6, 6.07) is 14.1. The number of piperidine rings is 1. The molecule has 3 aliphatic rings. The summed E-state index contributed by atoms with van der Waals surface area (Å²) in [7, 11) is 0. The summed E-state index contributed by atoms with van der Waals surface area (Å²) in [5, 5.41) is 8.32. The van der Waals surface area contributed by atoms with Gasteiger partial charge in [0.1, 0.15) is 5.69 Å². The van der Waals surface area contributed by atoms with E-state index in [-0.39, 0.29) is 23.5 Å². The molecule has 2 N–H and O–H groups in total. The Labute approximate surface area is 257 Å². The van der Waals surface area contributed by atoms with Crippen molar-refractivity contribution < 1.29 is 14.0 Å². The van der Waals surface area contributed by atoms with Crippen LogP contribution in [0.3, 0.4) is 0 Å². The van der Waals surface area contributed by atoms with Crippen LogP contribution >= 0.6 is 0 Å². The molecule has 7 rings (SSSR count). The monoisotopic (exact) mass is 597 g/mol. The van der Waals surface area contributed by atoms with Crippen molar-refractivity contribution in [3.05, 3.63) is 71.9 Å². The molecule has 10 heteroatoms. The minimum absolute atomic E-state index is 0.0637. The number of carbonyl (C=O) groups excluding carboxylic acids is 2. The second kappa shape index (κ2) is 12.4. The largest absolute Gasteiger partial charge is 0.369 e. The number of carbonyl (C=O) groups is 2. The third-order valence-corrected chi connectivity index (χ3v) is 9.49. The topological polar surface area (TPSA) is 89.5 Å². The lowest BCUT2D eigenvalue weighted by molar-refractivity contribution is -0.132. The Hall–Kier alpha value is -4.18. The second-order valence-corrected chi connectivity index (χ2v) is 12.3. The number of hydrogen-bond acceptors (Lipinski definition) is 5. The molecule has 0 unspecified atom stereocenters. The highest BCUT2D eigenvalue weighted by molar-refractivity contribution is 6.03. The molecule has 1 atom stereocenters. The Morgan fingerprint density at radius 3 is 2.48 bits per heavy atom. The van der Waals surface area contributed by atoms with Gasteiger partial charge in [0.2, 0.25) is 5.91 Å². The molecule has 0 bridgehead atoms. The first-order chi connectivity index (χ1) is 21.5. The van der Waals surface area contributed by atoms with Gasteiger partial charge in [-0.25, -0.2) is 4.39 Å². The normalized spacial score (nSPS) is 19.2. The molecule has 5 heterocycles. The third kappa shape index (κ3) is 5.70. The number of H-pyrrole nitrogens is 1. The van der Waals surface area contributed by atoms with Crippen LogP contribution in [0, 0.1) is 5.82 Å².